The molecule has 1 amide bonds. The number of rotatable bonds is 2. The molecule has 1 aromatic carbocycles. The van der Waals surface area contributed by atoms with Crippen molar-refractivity contribution in [2.24, 2.45) is 5.73 Å². The normalized spacial score (nSPS) is 18.9. The van der Waals surface area contributed by atoms with Gasteiger partial charge in [0, 0.05) is 22.7 Å². The van der Waals surface area contributed by atoms with Crippen molar-refractivity contribution in [2.45, 2.75) is 25.3 Å². The number of carbonyl (C=O) groups excluding carboxylic acids is 1. The molecule has 106 valence electrons. The number of nitrogens with two attached hydrogens (primary N) is 1. The topological polar surface area (TPSA) is 46.3 Å². The molecule has 0 bridgehead atoms. The average molecular weight is 399 g/mol. The monoisotopic (exact) mass is 398 g/mol. The van der Waals surface area contributed by atoms with Crippen LogP contribution in [-0.4, -0.2) is 29.9 Å². The van der Waals surface area contributed by atoms with Crippen LogP contribution in [0.1, 0.15) is 29.6 Å². The summed E-state index contributed by atoms with van der Waals surface area (Å²) in [6.45, 7) is 1.23. The van der Waals surface area contributed by atoms with E-state index in [0.29, 0.717) is 15.7 Å². The van der Waals surface area contributed by atoms with Crippen molar-refractivity contribution in [3.63, 3.8) is 0 Å². The van der Waals surface area contributed by atoms with E-state index in [-0.39, 0.29) is 30.2 Å². The molecule has 1 heterocycles. The lowest BCUT2D eigenvalue weighted by atomic mass is 10.0. The van der Waals surface area contributed by atoms with E-state index in [1.54, 1.807) is 6.07 Å². The van der Waals surface area contributed by atoms with Crippen LogP contribution >= 0.6 is 35.0 Å². The van der Waals surface area contributed by atoms with E-state index in [4.69, 9.17) is 5.73 Å². The summed E-state index contributed by atoms with van der Waals surface area (Å²) in [4.78, 5) is 14.3. The summed E-state index contributed by atoms with van der Waals surface area (Å²) in [5.74, 6) is -0.348. The van der Waals surface area contributed by atoms with Gasteiger partial charge in [0.25, 0.3) is 5.91 Å². The molecule has 0 spiro atoms. The molecule has 1 aromatic rings. The largest absolute Gasteiger partial charge is 0.334 e. The SMILES string of the molecule is Cl.NCC1CCCCN1C(=O)c1ccc(F)cc1I. The lowest BCUT2D eigenvalue weighted by Crippen LogP contribution is -2.47. The second kappa shape index (κ2) is 7.40. The average Bonchev–Trinajstić information content (AvgIpc) is 2.38. The molecule has 0 radical (unpaired) electrons. The van der Waals surface area contributed by atoms with E-state index < -0.39 is 0 Å². The molecule has 6 heteroatoms. The number of halogens is 3. The van der Waals surface area contributed by atoms with Crippen LogP contribution in [-0.2, 0) is 0 Å². The molecule has 0 aromatic heterocycles. The molecule has 3 nitrogen and oxygen atoms in total. The molecule has 2 rings (SSSR count). The van der Waals surface area contributed by atoms with Crippen LogP contribution in [0.2, 0.25) is 0 Å². The van der Waals surface area contributed by atoms with E-state index in [9.17, 15) is 9.18 Å². The highest BCUT2D eigenvalue weighted by Crippen LogP contribution is 2.22. The summed E-state index contributed by atoms with van der Waals surface area (Å²) in [5.41, 5.74) is 6.28. The maximum absolute atomic E-state index is 13.0. The standard InChI is InChI=1S/C13H16FIN2O.ClH/c14-9-4-5-11(12(15)7-9)13(18)17-6-2-1-3-10(17)8-16;/h4-5,7,10H,1-3,6,8,16H2;1H. The van der Waals surface area contributed by atoms with Gasteiger partial charge < -0.3 is 10.6 Å². The fourth-order valence-electron chi connectivity index (χ4n) is 2.33. The first-order valence-corrected chi connectivity index (χ1v) is 7.17. The minimum absolute atomic E-state index is 0. The Hall–Kier alpha value is -0.400. The van der Waals surface area contributed by atoms with Crippen molar-refractivity contribution in [3.05, 3.63) is 33.1 Å². The maximum atomic E-state index is 13.0. The number of hydrogen-bond donors (Lipinski definition) is 1. The van der Waals surface area contributed by atoms with E-state index in [1.807, 2.05) is 27.5 Å². The van der Waals surface area contributed by atoms with E-state index in [1.165, 1.54) is 12.1 Å². The molecule has 19 heavy (non-hydrogen) atoms. The highest BCUT2D eigenvalue weighted by molar-refractivity contribution is 14.1. The first-order valence-electron chi connectivity index (χ1n) is 6.09. The number of likely N-dealkylation sites (tertiary alicyclic amines) is 1. The van der Waals surface area contributed by atoms with Gasteiger partial charge in [-0.1, -0.05) is 0 Å². The Morgan fingerprint density at radius 3 is 2.84 bits per heavy atom. The van der Waals surface area contributed by atoms with Gasteiger partial charge in [-0.3, -0.25) is 4.79 Å². The lowest BCUT2D eigenvalue weighted by Gasteiger charge is -2.35. The predicted molar refractivity (Wildman–Crippen MR) is 84.1 cm³/mol. The van der Waals surface area contributed by atoms with Gasteiger partial charge in [0.05, 0.1) is 5.56 Å². The fourth-order valence-corrected chi connectivity index (χ4v) is 3.04. The van der Waals surface area contributed by atoms with Gasteiger partial charge >= 0.3 is 0 Å². The third-order valence-corrected chi connectivity index (χ3v) is 4.21. The molecule has 1 fully saturated rings. The number of piperidine rings is 1. The van der Waals surface area contributed by atoms with Crippen molar-refractivity contribution in [2.75, 3.05) is 13.1 Å². The third kappa shape index (κ3) is 3.79. The van der Waals surface area contributed by atoms with Crippen molar-refractivity contribution >= 4 is 40.9 Å². The van der Waals surface area contributed by atoms with Crippen LogP contribution in [0.4, 0.5) is 4.39 Å². The summed E-state index contributed by atoms with van der Waals surface area (Å²) in [6.07, 6.45) is 3.09. The second-order valence-electron chi connectivity index (χ2n) is 4.51. The molecule has 1 atom stereocenters. The Kier molecular flexibility index (Phi) is 6.49. The summed E-state index contributed by atoms with van der Waals surface area (Å²) >= 11 is 2.00. The first kappa shape index (κ1) is 16.7. The predicted octanol–water partition coefficient (Wildman–Crippen LogP) is 2.81. The molecule has 1 aliphatic heterocycles. The van der Waals surface area contributed by atoms with Crippen LogP contribution in [0.5, 0.6) is 0 Å². The van der Waals surface area contributed by atoms with Crippen LogP contribution in [0.15, 0.2) is 18.2 Å². The van der Waals surface area contributed by atoms with Gasteiger partial charge in [0.2, 0.25) is 0 Å². The summed E-state index contributed by atoms with van der Waals surface area (Å²) in [6, 6.07) is 4.39. The minimum Gasteiger partial charge on any atom is -0.334 e. The summed E-state index contributed by atoms with van der Waals surface area (Å²) in [5, 5.41) is 0. The smallest absolute Gasteiger partial charge is 0.255 e. The van der Waals surface area contributed by atoms with Gasteiger partial charge in [0.15, 0.2) is 0 Å². The maximum Gasteiger partial charge on any atom is 0.255 e. The second-order valence-corrected chi connectivity index (χ2v) is 5.67. The van der Waals surface area contributed by atoms with E-state index in [0.717, 1.165) is 25.8 Å². The molecule has 0 saturated carbocycles. The molecule has 1 saturated heterocycles. The number of carbonyl (C=O) groups is 1. The third-order valence-electron chi connectivity index (χ3n) is 3.32. The minimum atomic E-state index is -0.315. The van der Waals surface area contributed by atoms with Gasteiger partial charge in [-0.05, 0) is 60.1 Å². The number of hydrogen-bond acceptors (Lipinski definition) is 2. The van der Waals surface area contributed by atoms with E-state index in [2.05, 4.69) is 0 Å². The zero-order valence-electron chi connectivity index (χ0n) is 10.4. The Balaban J connectivity index is 0.00000180. The Labute approximate surface area is 132 Å². The number of nitrogens with zero attached hydrogens (tertiary/aromatic N) is 1. The highest BCUT2D eigenvalue weighted by atomic mass is 127. The Morgan fingerprint density at radius 2 is 2.21 bits per heavy atom. The van der Waals surface area contributed by atoms with Gasteiger partial charge in [0.1, 0.15) is 5.82 Å². The molecule has 1 aliphatic rings. The molecule has 1 unspecified atom stereocenters. The first-order chi connectivity index (χ1) is 8.63. The quantitative estimate of drug-likeness (QED) is 0.779. The Morgan fingerprint density at radius 1 is 1.47 bits per heavy atom. The molecular weight excluding hydrogens is 382 g/mol. The van der Waals surface area contributed by atoms with Crippen LogP contribution in [0.3, 0.4) is 0 Å². The van der Waals surface area contributed by atoms with Gasteiger partial charge in [-0.2, -0.15) is 0 Å². The van der Waals surface area contributed by atoms with Crippen molar-refractivity contribution in [1.82, 2.24) is 4.90 Å². The highest BCUT2D eigenvalue weighted by Gasteiger charge is 2.27. The summed E-state index contributed by atoms with van der Waals surface area (Å²) < 4.78 is 13.7. The van der Waals surface area contributed by atoms with Crippen molar-refractivity contribution in [1.29, 1.82) is 0 Å². The van der Waals surface area contributed by atoms with E-state index >= 15 is 0 Å². The van der Waals surface area contributed by atoms with Crippen LogP contribution < -0.4 is 5.73 Å². The van der Waals surface area contributed by atoms with Gasteiger partial charge in [-0.15, -0.1) is 12.4 Å². The molecular formula is C13H17ClFIN2O. The number of benzene rings is 1. The number of amides is 1. The summed E-state index contributed by atoms with van der Waals surface area (Å²) in [7, 11) is 0. The lowest BCUT2D eigenvalue weighted by molar-refractivity contribution is 0.0622. The zero-order valence-corrected chi connectivity index (χ0v) is 13.4. The van der Waals surface area contributed by atoms with Crippen molar-refractivity contribution in [3.8, 4) is 0 Å². The van der Waals surface area contributed by atoms with Crippen LogP contribution in [0.25, 0.3) is 0 Å². The van der Waals surface area contributed by atoms with Crippen LogP contribution in [0, 0.1) is 9.39 Å². The molecule has 2 N–H and O–H groups in total. The van der Waals surface area contributed by atoms with Gasteiger partial charge in [-0.25, -0.2) is 4.39 Å². The van der Waals surface area contributed by atoms with Crippen molar-refractivity contribution < 1.29 is 9.18 Å². The Bertz CT molecular complexity index is 458. The zero-order chi connectivity index (χ0) is 13.1. The fraction of sp³-hybridized carbons (Fsp3) is 0.462. The molecule has 0 aliphatic carbocycles.